The molecule has 0 saturated heterocycles. The lowest BCUT2D eigenvalue weighted by Crippen LogP contribution is -2.22. The Morgan fingerprint density at radius 1 is 1.17 bits per heavy atom. The number of fused-ring (bicyclic) bond motifs is 1. The van der Waals surface area contributed by atoms with Crippen LogP contribution < -0.4 is 10.1 Å². The van der Waals surface area contributed by atoms with Crippen molar-refractivity contribution >= 4 is 16.9 Å². The monoisotopic (exact) mass is 323 g/mol. The molecule has 0 saturated carbocycles. The Bertz CT molecular complexity index is 793. The molecule has 5 heteroatoms. The normalized spacial score (nSPS) is 10.7. The molecule has 0 unspecified atom stereocenters. The lowest BCUT2D eigenvalue weighted by molar-refractivity contribution is -0.121. The summed E-state index contributed by atoms with van der Waals surface area (Å²) < 4.78 is 5.28. The average Bonchev–Trinajstić information content (AvgIpc) is 3.03. The molecule has 0 fully saturated rings. The maximum absolute atomic E-state index is 12.0. The minimum absolute atomic E-state index is 0.0389. The van der Waals surface area contributed by atoms with Crippen molar-refractivity contribution in [3.63, 3.8) is 0 Å². The number of hydrogen-bond acceptors (Lipinski definition) is 3. The molecule has 0 aliphatic heterocycles. The summed E-state index contributed by atoms with van der Waals surface area (Å²) in [5.74, 6) is 1.76. The lowest BCUT2D eigenvalue weighted by atomic mass is 10.2. The molecular weight excluding hydrogens is 302 g/mol. The molecule has 2 N–H and O–H groups in total. The SMILES string of the molecule is COc1ccccc1CNC(=O)CCCc1nc2ccccc2[nH]1. The lowest BCUT2D eigenvalue weighted by Gasteiger charge is -2.09. The molecule has 0 spiro atoms. The van der Waals surface area contributed by atoms with Crippen molar-refractivity contribution in [1.82, 2.24) is 15.3 Å². The molecule has 1 amide bonds. The second-order valence-corrected chi connectivity index (χ2v) is 5.64. The standard InChI is InChI=1S/C19H21N3O2/c1-24-17-10-5-2-7-14(17)13-20-19(23)12-6-11-18-21-15-8-3-4-9-16(15)22-18/h2-5,7-10H,6,11-13H2,1H3,(H,20,23)(H,21,22). The Hall–Kier alpha value is -2.82. The number of nitrogens with zero attached hydrogens (tertiary/aromatic N) is 1. The van der Waals surface area contributed by atoms with Crippen LogP contribution >= 0.6 is 0 Å². The number of methoxy groups -OCH3 is 1. The molecule has 3 aromatic rings. The van der Waals surface area contributed by atoms with E-state index in [4.69, 9.17) is 4.74 Å². The van der Waals surface area contributed by atoms with E-state index in [1.807, 2.05) is 48.5 Å². The number of nitrogens with one attached hydrogen (secondary N) is 2. The molecule has 5 nitrogen and oxygen atoms in total. The fourth-order valence-corrected chi connectivity index (χ4v) is 2.67. The van der Waals surface area contributed by atoms with Crippen molar-refractivity contribution in [2.45, 2.75) is 25.8 Å². The van der Waals surface area contributed by atoms with Crippen LogP contribution in [0.1, 0.15) is 24.2 Å². The number of hydrogen-bond donors (Lipinski definition) is 2. The Morgan fingerprint density at radius 2 is 1.96 bits per heavy atom. The number of imidazole rings is 1. The number of carbonyl (C=O) groups is 1. The molecule has 24 heavy (non-hydrogen) atoms. The maximum Gasteiger partial charge on any atom is 0.220 e. The molecule has 124 valence electrons. The van der Waals surface area contributed by atoms with Crippen LogP contribution in [0.3, 0.4) is 0 Å². The number of carbonyl (C=O) groups excluding carboxylic acids is 1. The van der Waals surface area contributed by atoms with Gasteiger partial charge < -0.3 is 15.0 Å². The minimum Gasteiger partial charge on any atom is -0.496 e. The molecule has 0 radical (unpaired) electrons. The third kappa shape index (κ3) is 3.93. The highest BCUT2D eigenvalue weighted by Gasteiger charge is 2.07. The van der Waals surface area contributed by atoms with Gasteiger partial charge in [-0.25, -0.2) is 4.98 Å². The third-order valence-electron chi connectivity index (χ3n) is 3.92. The minimum atomic E-state index is 0.0389. The van der Waals surface area contributed by atoms with Crippen LogP contribution in [-0.4, -0.2) is 23.0 Å². The van der Waals surface area contributed by atoms with E-state index in [0.717, 1.165) is 41.0 Å². The number of benzene rings is 2. The van der Waals surface area contributed by atoms with Crippen LogP contribution in [0.25, 0.3) is 11.0 Å². The topological polar surface area (TPSA) is 67.0 Å². The van der Waals surface area contributed by atoms with Crippen LogP contribution in [0, 0.1) is 0 Å². The quantitative estimate of drug-likeness (QED) is 0.701. The fourth-order valence-electron chi connectivity index (χ4n) is 2.67. The number of aromatic nitrogens is 2. The molecule has 0 atom stereocenters. The van der Waals surface area contributed by atoms with E-state index in [0.29, 0.717) is 13.0 Å². The van der Waals surface area contributed by atoms with Crippen molar-refractivity contribution in [3.8, 4) is 5.75 Å². The second kappa shape index (κ2) is 7.64. The van der Waals surface area contributed by atoms with Gasteiger partial charge in [-0.3, -0.25) is 4.79 Å². The van der Waals surface area contributed by atoms with E-state index in [-0.39, 0.29) is 5.91 Å². The molecule has 0 bridgehead atoms. The van der Waals surface area contributed by atoms with Crippen LogP contribution in [0.5, 0.6) is 5.75 Å². The zero-order valence-corrected chi connectivity index (χ0v) is 13.7. The molecule has 0 aliphatic rings. The summed E-state index contributed by atoms with van der Waals surface area (Å²) >= 11 is 0. The largest absolute Gasteiger partial charge is 0.496 e. The smallest absolute Gasteiger partial charge is 0.220 e. The van der Waals surface area contributed by atoms with Gasteiger partial charge in [-0.15, -0.1) is 0 Å². The summed E-state index contributed by atoms with van der Waals surface area (Å²) in [5, 5.41) is 2.94. The van der Waals surface area contributed by atoms with Crippen molar-refractivity contribution in [3.05, 3.63) is 59.9 Å². The first-order valence-electron chi connectivity index (χ1n) is 8.08. The van der Waals surface area contributed by atoms with Crippen molar-refractivity contribution in [2.75, 3.05) is 7.11 Å². The van der Waals surface area contributed by atoms with Gasteiger partial charge in [0.1, 0.15) is 11.6 Å². The number of H-pyrrole nitrogens is 1. The van der Waals surface area contributed by atoms with Gasteiger partial charge in [0.25, 0.3) is 0 Å². The summed E-state index contributed by atoms with van der Waals surface area (Å²) in [6, 6.07) is 15.6. The highest BCUT2D eigenvalue weighted by Crippen LogP contribution is 2.17. The number of ether oxygens (including phenoxy) is 1. The van der Waals surface area contributed by atoms with Gasteiger partial charge in [0.2, 0.25) is 5.91 Å². The maximum atomic E-state index is 12.0. The summed E-state index contributed by atoms with van der Waals surface area (Å²) in [4.78, 5) is 19.8. The number of aromatic amines is 1. The molecule has 1 aromatic heterocycles. The number of aryl methyl sites for hydroxylation is 1. The van der Waals surface area contributed by atoms with Gasteiger partial charge in [-0.05, 0) is 24.6 Å². The summed E-state index contributed by atoms with van der Waals surface area (Å²) in [5.41, 5.74) is 2.98. The summed E-state index contributed by atoms with van der Waals surface area (Å²) in [7, 11) is 1.63. The number of rotatable bonds is 7. The Kier molecular flexibility index (Phi) is 5.11. The van der Waals surface area contributed by atoms with Crippen LogP contribution in [0.15, 0.2) is 48.5 Å². The molecule has 3 rings (SSSR count). The average molecular weight is 323 g/mol. The molecular formula is C19H21N3O2. The Balaban J connectivity index is 1.45. The first kappa shape index (κ1) is 16.1. The predicted octanol–water partition coefficient (Wildman–Crippen LogP) is 3.21. The first-order valence-corrected chi connectivity index (χ1v) is 8.08. The van der Waals surface area contributed by atoms with Crippen molar-refractivity contribution in [2.24, 2.45) is 0 Å². The fraction of sp³-hybridized carbons (Fsp3) is 0.263. The van der Waals surface area contributed by atoms with E-state index >= 15 is 0 Å². The highest BCUT2D eigenvalue weighted by atomic mass is 16.5. The number of amides is 1. The first-order chi connectivity index (χ1) is 11.8. The summed E-state index contributed by atoms with van der Waals surface area (Å²) in [6.07, 6.45) is 2.00. The third-order valence-corrected chi connectivity index (χ3v) is 3.92. The van der Waals surface area contributed by atoms with Gasteiger partial charge in [0.05, 0.1) is 18.1 Å². The molecule has 2 aromatic carbocycles. The van der Waals surface area contributed by atoms with Gasteiger partial charge in [0, 0.05) is 24.9 Å². The molecule has 0 aliphatic carbocycles. The van der Waals surface area contributed by atoms with Gasteiger partial charge in [-0.2, -0.15) is 0 Å². The van der Waals surface area contributed by atoms with E-state index in [1.54, 1.807) is 7.11 Å². The van der Waals surface area contributed by atoms with Crippen LogP contribution in [-0.2, 0) is 17.8 Å². The van der Waals surface area contributed by atoms with E-state index in [2.05, 4.69) is 15.3 Å². The van der Waals surface area contributed by atoms with Crippen molar-refractivity contribution in [1.29, 1.82) is 0 Å². The number of para-hydroxylation sites is 3. The Morgan fingerprint density at radius 3 is 2.79 bits per heavy atom. The van der Waals surface area contributed by atoms with Gasteiger partial charge in [-0.1, -0.05) is 30.3 Å². The Labute approximate surface area is 141 Å². The summed E-state index contributed by atoms with van der Waals surface area (Å²) in [6.45, 7) is 0.480. The molecule has 1 heterocycles. The zero-order valence-electron chi connectivity index (χ0n) is 13.7. The van der Waals surface area contributed by atoms with Gasteiger partial charge >= 0.3 is 0 Å². The van der Waals surface area contributed by atoms with E-state index < -0.39 is 0 Å². The van der Waals surface area contributed by atoms with Gasteiger partial charge in [0.15, 0.2) is 0 Å². The van der Waals surface area contributed by atoms with E-state index in [1.165, 1.54) is 0 Å². The van der Waals surface area contributed by atoms with Crippen LogP contribution in [0.2, 0.25) is 0 Å². The zero-order chi connectivity index (χ0) is 16.8. The van der Waals surface area contributed by atoms with Crippen LogP contribution in [0.4, 0.5) is 0 Å². The predicted molar refractivity (Wildman–Crippen MR) is 93.9 cm³/mol. The highest BCUT2D eigenvalue weighted by molar-refractivity contribution is 5.76. The second-order valence-electron chi connectivity index (χ2n) is 5.64. The van der Waals surface area contributed by atoms with Crippen molar-refractivity contribution < 1.29 is 9.53 Å². The van der Waals surface area contributed by atoms with E-state index in [9.17, 15) is 4.79 Å².